The third-order valence-electron chi connectivity index (χ3n) is 2.71. The number of carbonyl (C=O) groups is 1. The van der Waals surface area contributed by atoms with Gasteiger partial charge in [0, 0.05) is 5.69 Å². The highest BCUT2D eigenvalue weighted by molar-refractivity contribution is 7.08. The Morgan fingerprint density at radius 2 is 2.32 bits per heavy atom. The van der Waals surface area contributed by atoms with Gasteiger partial charge in [0.2, 0.25) is 0 Å². The maximum absolute atomic E-state index is 12.1. The minimum absolute atomic E-state index is 0.231. The van der Waals surface area contributed by atoms with Crippen LogP contribution < -0.4 is 5.32 Å². The molecule has 6 heteroatoms. The van der Waals surface area contributed by atoms with Crippen molar-refractivity contribution in [2.24, 2.45) is 0 Å². The lowest BCUT2D eigenvalue weighted by atomic mass is 10.1. The van der Waals surface area contributed by atoms with E-state index in [1.54, 1.807) is 18.2 Å². The van der Waals surface area contributed by atoms with Crippen molar-refractivity contribution >= 4 is 23.1 Å². The molecule has 0 fully saturated rings. The second kappa shape index (κ2) is 5.59. The summed E-state index contributed by atoms with van der Waals surface area (Å²) in [7, 11) is 0. The van der Waals surface area contributed by atoms with Gasteiger partial charge in [0.1, 0.15) is 4.88 Å². The zero-order valence-corrected chi connectivity index (χ0v) is 11.4. The molecule has 1 heterocycles. The molecule has 0 saturated carbocycles. The van der Waals surface area contributed by atoms with Gasteiger partial charge in [-0.05, 0) is 42.6 Å². The molecule has 5 nitrogen and oxygen atoms in total. The van der Waals surface area contributed by atoms with Gasteiger partial charge in [0.25, 0.3) is 5.91 Å². The van der Waals surface area contributed by atoms with Crippen LogP contribution in [-0.4, -0.2) is 15.5 Å². The third-order valence-corrected chi connectivity index (χ3v) is 3.48. The molecule has 0 atom stereocenters. The van der Waals surface area contributed by atoms with Crippen molar-refractivity contribution in [3.8, 4) is 6.07 Å². The van der Waals surface area contributed by atoms with Gasteiger partial charge in [-0.2, -0.15) is 5.26 Å². The summed E-state index contributed by atoms with van der Waals surface area (Å²) in [6, 6.07) is 7.24. The number of nitriles is 1. The predicted octanol–water partition coefficient (Wildman–Crippen LogP) is 2.53. The van der Waals surface area contributed by atoms with Gasteiger partial charge >= 0.3 is 0 Å². The van der Waals surface area contributed by atoms with Crippen LogP contribution in [0, 0.1) is 18.3 Å². The van der Waals surface area contributed by atoms with Crippen molar-refractivity contribution in [1.82, 2.24) is 9.59 Å². The first kappa shape index (κ1) is 13.2. The normalized spacial score (nSPS) is 9.95. The van der Waals surface area contributed by atoms with Gasteiger partial charge in [-0.25, -0.2) is 0 Å². The summed E-state index contributed by atoms with van der Waals surface area (Å²) in [5.41, 5.74) is 2.75. The molecule has 0 spiro atoms. The molecule has 0 bridgehead atoms. The summed E-state index contributed by atoms with van der Waals surface area (Å²) in [5.74, 6) is -0.231. The van der Waals surface area contributed by atoms with E-state index < -0.39 is 0 Å². The number of hydrogen-bond donors (Lipinski definition) is 1. The molecule has 0 saturated heterocycles. The maximum atomic E-state index is 12.1. The van der Waals surface area contributed by atoms with Crippen molar-refractivity contribution < 1.29 is 4.79 Å². The van der Waals surface area contributed by atoms with Crippen molar-refractivity contribution in [1.29, 1.82) is 5.26 Å². The molecule has 96 valence electrons. The molecule has 1 aromatic carbocycles. The number of amides is 1. The third kappa shape index (κ3) is 2.77. The predicted molar refractivity (Wildman–Crippen MR) is 73.1 cm³/mol. The summed E-state index contributed by atoms with van der Waals surface area (Å²) < 4.78 is 3.79. The summed E-state index contributed by atoms with van der Waals surface area (Å²) >= 11 is 1.08. The number of aromatic nitrogens is 2. The van der Waals surface area contributed by atoms with E-state index in [2.05, 4.69) is 21.0 Å². The number of aryl methyl sites for hydroxylation is 2. The summed E-state index contributed by atoms with van der Waals surface area (Å²) in [6.45, 7) is 3.80. The SMILES string of the molecule is CCc1nnsc1C(=O)Nc1cc(C#N)ccc1C. The Morgan fingerprint density at radius 3 is 3.00 bits per heavy atom. The van der Waals surface area contributed by atoms with E-state index in [1.807, 2.05) is 13.8 Å². The summed E-state index contributed by atoms with van der Waals surface area (Å²) in [5, 5.41) is 15.6. The molecule has 19 heavy (non-hydrogen) atoms. The van der Waals surface area contributed by atoms with E-state index in [9.17, 15) is 4.79 Å². The monoisotopic (exact) mass is 272 g/mol. The van der Waals surface area contributed by atoms with E-state index >= 15 is 0 Å². The Hall–Kier alpha value is -2.26. The summed E-state index contributed by atoms with van der Waals surface area (Å²) in [4.78, 5) is 12.7. The van der Waals surface area contributed by atoms with Crippen molar-refractivity contribution in [2.45, 2.75) is 20.3 Å². The molecule has 1 N–H and O–H groups in total. The molecular formula is C13H12N4OS. The maximum Gasteiger partial charge on any atom is 0.269 e. The zero-order valence-electron chi connectivity index (χ0n) is 10.6. The molecule has 2 aromatic rings. The number of rotatable bonds is 3. The second-order valence-electron chi connectivity index (χ2n) is 4.00. The standard InChI is InChI=1S/C13H12N4OS/c1-3-10-12(19-17-16-10)13(18)15-11-6-9(7-14)5-4-8(11)2/h4-6H,3H2,1-2H3,(H,15,18). The van der Waals surface area contributed by atoms with Gasteiger partial charge in [-0.15, -0.1) is 5.10 Å². The number of anilines is 1. The minimum Gasteiger partial charge on any atom is -0.321 e. The highest BCUT2D eigenvalue weighted by Crippen LogP contribution is 2.19. The zero-order chi connectivity index (χ0) is 13.8. The molecule has 2 rings (SSSR count). The van der Waals surface area contributed by atoms with Crippen LogP contribution in [0.5, 0.6) is 0 Å². The quantitative estimate of drug-likeness (QED) is 0.931. The average molecular weight is 272 g/mol. The highest BCUT2D eigenvalue weighted by Gasteiger charge is 2.15. The van der Waals surface area contributed by atoms with E-state index in [-0.39, 0.29) is 5.91 Å². The molecule has 1 amide bonds. The van der Waals surface area contributed by atoms with Crippen LogP contribution in [0.15, 0.2) is 18.2 Å². The first-order chi connectivity index (χ1) is 9.15. The molecule has 0 aliphatic heterocycles. The number of nitrogens with one attached hydrogen (secondary N) is 1. The van der Waals surface area contributed by atoms with Crippen LogP contribution in [0.3, 0.4) is 0 Å². The lowest BCUT2D eigenvalue weighted by Crippen LogP contribution is -2.13. The van der Waals surface area contributed by atoms with Crippen molar-refractivity contribution in [3.05, 3.63) is 39.9 Å². The molecular weight excluding hydrogens is 260 g/mol. The lowest BCUT2D eigenvalue weighted by Gasteiger charge is -2.07. The fourth-order valence-corrected chi connectivity index (χ4v) is 2.26. The van der Waals surface area contributed by atoms with Crippen molar-refractivity contribution in [3.63, 3.8) is 0 Å². The second-order valence-corrected chi connectivity index (χ2v) is 4.75. The number of hydrogen-bond acceptors (Lipinski definition) is 5. The number of carbonyl (C=O) groups excluding carboxylic acids is 1. The Labute approximate surface area is 115 Å². The van der Waals surface area contributed by atoms with Crippen LogP contribution >= 0.6 is 11.5 Å². The Morgan fingerprint density at radius 1 is 1.53 bits per heavy atom. The minimum atomic E-state index is -0.231. The average Bonchev–Trinajstić information content (AvgIpc) is 2.89. The van der Waals surface area contributed by atoms with E-state index in [1.165, 1.54) is 0 Å². The van der Waals surface area contributed by atoms with Crippen LogP contribution in [0.2, 0.25) is 0 Å². The van der Waals surface area contributed by atoms with Crippen molar-refractivity contribution in [2.75, 3.05) is 5.32 Å². The summed E-state index contributed by atoms with van der Waals surface area (Å²) in [6.07, 6.45) is 0.663. The smallest absolute Gasteiger partial charge is 0.269 e. The van der Waals surface area contributed by atoms with Crippen LogP contribution in [-0.2, 0) is 6.42 Å². The first-order valence-electron chi connectivity index (χ1n) is 5.79. The topological polar surface area (TPSA) is 78.7 Å². The largest absolute Gasteiger partial charge is 0.321 e. The molecule has 0 unspecified atom stereocenters. The first-order valence-corrected chi connectivity index (χ1v) is 6.56. The van der Waals surface area contributed by atoms with Crippen LogP contribution in [0.25, 0.3) is 0 Å². The Bertz CT molecular complexity index is 657. The fraction of sp³-hybridized carbons (Fsp3) is 0.231. The molecule has 0 aliphatic carbocycles. The number of nitrogens with zero attached hydrogens (tertiary/aromatic N) is 3. The van der Waals surface area contributed by atoms with E-state index in [0.717, 1.165) is 17.1 Å². The molecule has 0 aliphatic rings. The Balaban J connectivity index is 2.27. The highest BCUT2D eigenvalue weighted by atomic mass is 32.1. The van der Waals surface area contributed by atoms with Gasteiger partial charge < -0.3 is 5.32 Å². The molecule has 1 aromatic heterocycles. The van der Waals surface area contributed by atoms with Gasteiger partial charge in [0.15, 0.2) is 0 Å². The molecule has 0 radical (unpaired) electrons. The van der Waals surface area contributed by atoms with Gasteiger partial charge in [0.05, 0.1) is 17.3 Å². The van der Waals surface area contributed by atoms with E-state index in [4.69, 9.17) is 5.26 Å². The number of benzene rings is 1. The van der Waals surface area contributed by atoms with Gasteiger partial charge in [-0.1, -0.05) is 17.5 Å². The van der Waals surface area contributed by atoms with Gasteiger partial charge in [-0.3, -0.25) is 4.79 Å². The fourth-order valence-electron chi connectivity index (χ4n) is 1.62. The lowest BCUT2D eigenvalue weighted by molar-refractivity contribution is 0.102. The van der Waals surface area contributed by atoms with Crippen LogP contribution in [0.4, 0.5) is 5.69 Å². The Kier molecular flexibility index (Phi) is 3.88. The van der Waals surface area contributed by atoms with E-state index in [0.29, 0.717) is 28.2 Å². The van der Waals surface area contributed by atoms with Crippen LogP contribution in [0.1, 0.15) is 33.4 Å².